The first-order chi connectivity index (χ1) is 9.52. The Hall–Kier alpha value is -2.01. The molecule has 0 saturated carbocycles. The number of nitrogens with zero attached hydrogens (tertiary/aromatic N) is 3. The Morgan fingerprint density at radius 2 is 2.20 bits per heavy atom. The molecule has 2 unspecified atom stereocenters. The number of fused-ring (bicyclic) bond motifs is 1. The molecular formula is C10H13N5O5. The van der Waals surface area contributed by atoms with Gasteiger partial charge in [-0.15, -0.1) is 0 Å². The topological polar surface area (TPSA) is 160 Å². The SMILES string of the molecule is Nc1nc2c(ncn2[C@@H]2OC(CO)[C@H](O)C2O)c(=O)[nH]1. The van der Waals surface area contributed by atoms with Gasteiger partial charge in [0.1, 0.15) is 18.3 Å². The van der Waals surface area contributed by atoms with E-state index in [0.29, 0.717) is 0 Å². The van der Waals surface area contributed by atoms with Crippen molar-refractivity contribution in [2.24, 2.45) is 0 Å². The number of aliphatic hydroxyl groups excluding tert-OH is 3. The van der Waals surface area contributed by atoms with E-state index in [2.05, 4.69) is 15.0 Å². The molecule has 108 valence electrons. The molecule has 10 heteroatoms. The molecule has 3 rings (SSSR count). The highest BCUT2D eigenvalue weighted by molar-refractivity contribution is 5.70. The van der Waals surface area contributed by atoms with Crippen LogP contribution in [0.15, 0.2) is 11.1 Å². The lowest BCUT2D eigenvalue weighted by molar-refractivity contribution is -0.0511. The van der Waals surface area contributed by atoms with Crippen LogP contribution in [0.25, 0.3) is 11.2 Å². The lowest BCUT2D eigenvalue weighted by atomic mass is 10.1. The summed E-state index contributed by atoms with van der Waals surface area (Å²) < 4.78 is 6.64. The molecule has 0 aromatic carbocycles. The summed E-state index contributed by atoms with van der Waals surface area (Å²) in [5.74, 6) is -0.101. The summed E-state index contributed by atoms with van der Waals surface area (Å²) in [4.78, 5) is 21.8. The van der Waals surface area contributed by atoms with Crippen LogP contribution in [-0.2, 0) is 4.74 Å². The van der Waals surface area contributed by atoms with Crippen molar-refractivity contribution in [3.05, 3.63) is 16.7 Å². The number of aromatic amines is 1. The summed E-state index contributed by atoms with van der Waals surface area (Å²) >= 11 is 0. The van der Waals surface area contributed by atoms with Gasteiger partial charge in [-0.1, -0.05) is 0 Å². The standard InChI is InChI=1S/C10H13N5O5/c11-10-13-7-4(8(19)14-10)12-2-15(7)9-6(18)5(17)3(1-16)20-9/h2-3,5-6,9,16-18H,1H2,(H3,11,13,14,19)/t3?,5-,6?,9+/m0/s1. The molecule has 1 aliphatic heterocycles. The molecule has 2 aromatic heterocycles. The van der Waals surface area contributed by atoms with Gasteiger partial charge in [-0.25, -0.2) is 4.98 Å². The Morgan fingerprint density at radius 1 is 1.45 bits per heavy atom. The lowest BCUT2D eigenvalue weighted by Gasteiger charge is -2.16. The average Bonchev–Trinajstić information content (AvgIpc) is 2.93. The average molecular weight is 283 g/mol. The molecule has 0 spiro atoms. The van der Waals surface area contributed by atoms with E-state index < -0.39 is 36.7 Å². The van der Waals surface area contributed by atoms with Gasteiger partial charge in [0.2, 0.25) is 5.95 Å². The summed E-state index contributed by atoms with van der Waals surface area (Å²) in [6.45, 7) is -0.447. The molecule has 1 aliphatic rings. The smallest absolute Gasteiger partial charge is 0.280 e. The van der Waals surface area contributed by atoms with Crippen molar-refractivity contribution in [2.75, 3.05) is 12.3 Å². The minimum absolute atomic E-state index is 0.0388. The van der Waals surface area contributed by atoms with Gasteiger partial charge in [0.15, 0.2) is 17.4 Å². The Kier molecular flexibility index (Phi) is 2.94. The van der Waals surface area contributed by atoms with Crippen molar-refractivity contribution in [3.8, 4) is 0 Å². The number of nitrogens with two attached hydrogens (primary N) is 1. The predicted molar refractivity (Wildman–Crippen MR) is 65.6 cm³/mol. The van der Waals surface area contributed by atoms with Crippen molar-refractivity contribution < 1.29 is 20.1 Å². The number of nitrogens with one attached hydrogen (secondary N) is 1. The second-order valence-corrected chi connectivity index (χ2v) is 4.50. The van der Waals surface area contributed by atoms with Gasteiger partial charge in [-0.2, -0.15) is 4.98 Å². The van der Waals surface area contributed by atoms with E-state index in [-0.39, 0.29) is 17.1 Å². The molecule has 10 nitrogen and oxygen atoms in total. The minimum atomic E-state index is -1.29. The number of rotatable bonds is 2. The fourth-order valence-corrected chi connectivity index (χ4v) is 2.24. The van der Waals surface area contributed by atoms with Crippen LogP contribution in [0.4, 0.5) is 5.95 Å². The zero-order chi connectivity index (χ0) is 14.4. The third kappa shape index (κ3) is 1.78. The quantitative estimate of drug-likeness (QED) is 0.398. The van der Waals surface area contributed by atoms with Gasteiger partial charge in [0, 0.05) is 0 Å². The summed E-state index contributed by atoms with van der Waals surface area (Å²) in [6, 6.07) is 0. The number of aliphatic hydroxyl groups is 3. The zero-order valence-electron chi connectivity index (χ0n) is 10.2. The number of imidazole rings is 1. The Labute approximate surface area is 111 Å². The Bertz CT molecular complexity index is 697. The molecule has 0 amide bonds. The van der Waals surface area contributed by atoms with E-state index in [9.17, 15) is 15.0 Å². The van der Waals surface area contributed by atoms with Crippen LogP contribution in [0.3, 0.4) is 0 Å². The highest BCUT2D eigenvalue weighted by atomic mass is 16.6. The maximum Gasteiger partial charge on any atom is 0.280 e. The number of aromatic nitrogens is 4. The molecule has 3 heterocycles. The van der Waals surface area contributed by atoms with Gasteiger partial charge in [0.25, 0.3) is 5.56 Å². The van der Waals surface area contributed by atoms with E-state index in [4.69, 9.17) is 15.6 Å². The monoisotopic (exact) mass is 283 g/mol. The van der Waals surface area contributed by atoms with E-state index in [1.165, 1.54) is 10.9 Å². The number of hydrogen-bond donors (Lipinski definition) is 5. The molecule has 0 radical (unpaired) electrons. The third-order valence-electron chi connectivity index (χ3n) is 3.24. The lowest BCUT2D eigenvalue weighted by Crippen LogP contribution is -2.33. The van der Waals surface area contributed by atoms with E-state index in [1.807, 2.05) is 0 Å². The summed E-state index contributed by atoms with van der Waals surface area (Å²) in [6.07, 6.45) is -3.21. The molecule has 1 saturated heterocycles. The van der Waals surface area contributed by atoms with Gasteiger partial charge >= 0.3 is 0 Å². The van der Waals surface area contributed by atoms with Crippen LogP contribution >= 0.6 is 0 Å². The van der Waals surface area contributed by atoms with Crippen LogP contribution in [-0.4, -0.2) is 59.8 Å². The van der Waals surface area contributed by atoms with Crippen molar-refractivity contribution in [3.63, 3.8) is 0 Å². The Morgan fingerprint density at radius 3 is 2.85 bits per heavy atom. The molecule has 1 fully saturated rings. The molecule has 0 aliphatic carbocycles. The molecule has 6 N–H and O–H groups in total. The molecule has 2 aromatic rings. The number of H-pyrrole nitrogens is 1. The van der Waals surface area contributed by atoms with Gasteiger partial charge in [0.05, 0.1) is 12.9 Å². The summed E-state index contributed by atoms with van der Waals surface area (Å²) in [7, 11) is 0. The first kappa shape index (κ1) is 13.0. The Balaban J connectivity index is 2.09. The normalized spacial score (nSPS) is 30.1. The molecule has 20 heavy (non-hydrogen) atoms. The largest absolute Gasteiger partial charge is 0.394 e. The van der Waals surface area contributed by atoms with Crippen molar-refractivity contribution in [1.29, 1.82) is 0 Å². The molecular weight excluding hydrogens is 270 g/mol. The fraction of sp³-hybridized carbons (Fsp3) is 0.500. The van der Waals surface area contributed by atoms with Crippen LogP contribution < -0.4 is 11.3 Å². The first-order valence-electron chi connectivity index (χ1n) is 5.87. The van der Waals surface area contributed by atoms with Crippen molar-refractivity contribution in [1.82, 2.24) is 19.5 Å². The third-order valence-corrected chi connectivity index (χ3v) is 3.24. The highest BCUT2D eigenvalue weighted by Crippen LogP contribution is 2.30. The minimum Gasteiger partial charge on any atom is -0.394 e. The number of ether oxygens (including phenoxy) is 1. The molecule has 0 bridgehead atoms. The van der Waals surface area contributed by atoms with Crippen LogP contribution in [0, 0.1) is 0 Å². The summed E-state index contributed by atoms with van der Waals surface area (Å²) in [5.41, 5.74) is 5.12. The van der Waals surface area contributed by atoms with E-state index in [0.717, 1.165) is 0 Å². The van der Waals surface area contributed by atoms with Crippen molar-refractivity contribution >= 4 is 17.1 Å². The van der Waals surface area contributed by atoms with Gasteiger partial charge in [-0.05, 0) is 0 Å². The van der Waals surface area contributed by atoms with Gasteiger partial charge < -0.3 is 25.8 Å². The maximum absolute atomic E-state index is 11.7. The second-order valence-electron chi connectivity index (χ2n) is 4.50. The maximum atomic E-state index is 11.7. The first-order valence-corrected chi connectivity index (χ1v) is 5.87. The number of hydrogen-bond acceptors (Lipinski definition) is 8. The number of anilines is 1. The number of nitrogen functional groups attached to an aromatic ring is 1. The van der Waals surface area contributed by atoms with Gasteiger partial charge in [-0.3, -0.25) is 14.3 Å². The highest BCUT2D eigenvalue weighted by Gasteiger charge is 2.44. The van der Waals surface area contributed by atoms with Crippen LogP contribution in [0.2, 0.25) is 0 Å². The van der Waals surface area contributed by atoms with Crippen LogP contribution in [0.1, 0.15) is 6.23 Å². The molecule has 4 atom stereocenters. The second kappa shape index (κ2) is 4.52. The van der Waals surface area contributed by atoms with Crippen molar-refractivity contribution in [2.45, 2.75) is 24.5 Å². The summed E-state index contributed by atoms with van der Waals surface area (Å²) in [5, 5.41) is 28.7. The fourth-order valence-electron chi connectivity index (χ4n) is 2.24. The zero-order valence-corrected chi connectivity index (χ0v) is 10.2. The van der Waals surface area contributed by atoms with E-state index in [1.54, 1.807) is 0 Å². The van der Waals surface area contributed by atoms with E-state index >= 15 is 0 Å². The predicted octanol–water partition coefficient (Wildman–Crippen LogP) is -2.69. The van der Waals surface area contributed by atoms with Crippen LogP contribution in [0.5, 0.6) is 0 Å².